The number of hydrogen-bond donors (Lipinski definition) is 0. The van der Waals surface area contributed by atoms with E-state index in [1.807, 2.05) is 6.92 Å². The highest BCUT2D eigenvalue weighted by atomic mass is 19.2. The molecule has 0 fully saturated rings. The third kappa shape index (κ3) is 8.71. The standard InChI is InChI=1S/C39H46F4/c1-3-5-7-8-9-10-11-13-15-32-24-25-33(37(41)36(32)40)30-20-22-31(23-21-30)35-27-26-34(38(42)39(35)43)29-18-16-28(17-19-29)14-12-6-4-2/h4,6,18,20-28H,3,5,7-17,19H2,1-2H3. The Hall–Kier alpha value is -3.14. The van der Waals surface area contributed by atoms with E-state index in [1.165, 1.54) is 32.1 Å². The van der Waals surface area contributed by atoms with Crippen LogP contribution in [0.25, 0.3) is 27.8 Å². The molecular formula is C39H46F4. The average Bonchev–Trinajstić information content (AvgIpc) is 3.02. The van der Waals surface area contributed by atoms with Crippen molar-refractivity contribution in [2.75, 3.05) is 0 Å². The Bertz CT molecular complexity index is 1380. The summed E-state index contributed by atoms with van der Waals surface area (Å²) >= 11 is 0. The highest BCUT2D eigenvalue weighted by Gasteiger charge is 2.21. The first kappa shape index (κ1) is 32.8. The lowest BCUT2D eigenvalue weighted by Gasteiger charge is -2.22. The smallest absolute Gasteiger partial charge is 0.167 e. The number of benzene rings is 3. The van der Waals surface area contributed by atoms with Gasteiger partial charge in [0, 0.05) is 16.7 Å². The second-order valence-electron chi connectivity index (χ2n) is 12.0. The van der Waals surface area contributed by atoms with Crippen LogP contribution in [0.1, 0.15) is 108 Å². The highest BCUT2D eigenvalue weighted by Crippen LogP contribution is 2.37. The van der Waals surface area contributed by atoms with E-state index in [0.717, 1.165) is 56.9 Å². The highest BCUT2D eigenvalue weighted by molar-refractivity contribution is 5.74. The molecule has 3 aromatic carbocycles. The van der Waals surface area contributed by atoms with Gasteiger partial charge < -0.3 is 0 Å². The summed E-state index contributed by atoms with van der Waals surface area (Å²) in [4.78, 5) is 0. The minimum absolute atomic E-state index is 0.154. The van der Waals surface area contributed by atoms with Crippen LogP contribution in [0.5, 0.6) is 0 Å². The Labute approximate surface area is 255 Å². The van der Waals surface area contributed by atoms with Crippen LogP contribution in [0.15, 0.2) is 66.8 Å². The van der Waals surface area contributed by atoms with Crippen LogP contribution in [-0.4, -0.2) is 0 Å². The normalized spacial score (nSPS) is 15.3. The molecule has 0 spiro atoms. The summed E-state index contributed by atoms with van der Waals surface area (Å²) in [5.41, 5.74) is 2.89. The summed E-state index contributed by atoms with van der Waals surface area (Å²) in [5.74, 6) is -2.80. The molecule has 0 saturated heterocycles. The zero-order valence-electron chi connectivity index (χ0n) is 25.8. The molecule has 0 N–H and O–H groups in total. The number of unbranched alkanes of at least 4 members (excludes halogenated alkanes) is 7. The fraction of sp³-hybridized carbons (Fsp3) is 0.436. The number of halogens is 4. The van der Waals surface area contributed by atoms with Gasteiger partial charge in [-0.2, -0.15) is 0 Å². The van der Waals surface area contributed by atoms with Crippen LogP contribution >= 0.6 is 0 Å². The summed E-state index contributed by atoms with van der Waals surface area (Å²) in [6.07, 6.45) is 20.8. The van der Waals surface area contributed by atoms with Gasteiger partial charge in [0.05, 0.1) is 0 Å². The van der Waals surface area contributed by atoms with Crippen LogP contribution in [0.2, 0.25) is 0 Å². The molecule has 3 aromatic rings. The molecule has 230 valence electrons. The van der Waals surface area contributed by atoms with Crippen LogP contribution in [-0.2, 0) is 6.42 Å². The molecule has 0 nitrogen and oxygen atoms in total. The van der Waals surface area contributed by atoms with E-state index in [-0.39, 0.29) is 11.1 Å². The second-order valence-corrected chi connectivity index (χ2v) is 12.0. The third-order valence-electron chi connectivity index (χ3n) is 8.89. The largest absolute Gasteiger partial charge is 0.203 e. The minimum Gasteiger partial charge on any atom is -0.203 e. The molecule has 0 amide bonds. The minimum atomic E-state index is -0.885. The second kappa shape index (κ2) is 16.6. The first-order valence-electron chi connectivity index (χ1n) is 16.3. The molecule has 0 radical (unpaired) electrons. The number of allylic oxidation sites excluding steroid dienone is 4. The van der Waals surface area contributed by atoms with Crippen LogP contribution in [0.4, 0.5) is 17.6 Å². The van der Waals surface area contributed by atoms with Gasteiger partial charge in [0.1, 0.15) is 0 Å². The lowest BCUT2D eigenvalue weighted by atomic mass is 9.83. The van der Waals surface area contributed by atoms with Gasteiger partial charge in [-0.3, -0.25) is 0 Å². The van der Waals surface area contributed by atoms with E-state index in [9.17, 15) is 4.39 Å². The van der Waals surface area contributed by atoms with Gasteiger partial charge in [-0.25, -0.2) is 17.6 Å². The number of rotatable bonds is 15. The average molecular weight is 591 g/mol. The molecule has 0 aliphatic heterocycles. The van der Waals surface area contributed by atoms with Gasteiger partial charge in [-0.15, -0.1) is 0 Å². The van der Waals surface area contributed by atoms with Crippen molar-refractivity contribution >= 4 is 5.57 Å². The summed E-state index contributed by atoms with van der Waals surface area (Å²) in [7, 11) is 0. The molecular weight excluding hydrogens is 544 g/mol. The Morgan fingerprint density at radius 3 is 1.84 bits per heavy atom. The maximum Gasteiger partial charge on any atom is 0.167 e. The lowest BCUT2D eigenvalue weighted by molar-refractivity contribution is 0.452. The maximum atomic E-state index is 15.3. The van der Waals surface area contributed by atoms with Crippen LogP contribution < -0.4 is 0 Å². The first-order chi connectivity index (χ1) is 20.9. The van der Waals surface area contributed by atoms with E-state index in [4.69, 9.17) is 0 Å². The molecule has 43 heavy (non-hydrogen) atoms. The SMILES string of the molecule is CC=CCCC1CC=C(c2ccc(-c3ccc(-c4ccc(CCCCCCCCCC)c(F)c4F)cc3)c(F)c2F)CC1. The zero-order chi connectivity index (χ0) is 30.6. The predicted molar refractivity (Wildman–Crippen MR) is 173 cm³/mol. The summed E-state index contributed by atoms with van der Waals surface area (Å²) in [5, 5.41) is 0. The molecule has 1 aliphatic carbocycles. The van der Waals surface area contributed by atoms with Crippen LogP contribution in [0, 0.1) is 29.2 Å². The van der Waals surface area contributed by atoms with E-state index in [1.54, 1.807) is 48.5 Å². The molecule has 0 heterocycles. The summed E-state index contributed by atoms with van der Waals surface area (Å²) < 4.78 is 60.5. The molecule has 4 rings (SSSR count). The number of hydrogen-bond acceptors (Lipinski definition) is 0. The van der Waals surface area contributed by atoms with Gasteiger partial charge in [0.25, 0.3) is 0 Å². The van der Waals surface area contributed by atoms with Gasteiger partial charge >= 0.3 is 0 Å². The van der Waals surface area contributed by atoms with Crippen molar-refractivity contribution in [3.05, 3.63) is 101 Å². The van der Waals surface area contributed by atoms with Gasteiger partial charge in [-0.05, 0) is 80.1 Å². The Kier molecular flexibility index (Phi) is 12.7. The van der Waals surface area contributed by atoms with Crippen molar-refractivity contribution in [3.63, 3.8) is 0 Å². The van der Waals surface area contributed by atoms with Crippen molar-refractivity contribution in [2.24, 2.45) is 5.92 Å². The van der Waals surface area contributed by atoms with Crippen LogP contribution in [0.3, 0.4) is 0 Å². The summed E-state index contributed by atoms with van der Waals surface area (Å²) in [6.45, 7) is 4.22. The van der Waals surface area contributed by atoms with E-state index in [2.05, 4.69) is 25.2 Å². The molecule has 0 bridgehead atoms. The first-order valence-corrected chi connectivity index (χ1v) is 16.3. The van der Waals surface area contributed by atoms with Crippen molar-refractivity contribution in [2.45, 2.75) is 104 Å². The monoisotopic (exact) mass is 590 g/mol. The van der Waals surface area contributed by atoms with Gasteiger partial charge in [0.15, 0.2) is 23.3 Å². The Balaban J connectivity index is 1.39. The molecule has 1 atom stereocenters. The molecule has 4 heteroatoms. The Morgan fingerprint density at radius 1 is 0.674 bits per heavy atom. The third-order valence-corrected chi connectivity index (χ3v) is 8.89. The molecule has 0 saturated carbocycles. The van der Waals surface area contributed by atoms with Crippen molar-refractivity contribution in [1.29, 1.82) is 0 Å². The topological polar surface area (TPSA) is 0 Å². The maximum absolute atomic E-state index is 15.3. The zero-order valence-corrected chi connectivity index (χ0v) is 25.8. The summed E-state index contributed by atoms with van der Waals surface area (Å²) in [6, 6.07) is 13.1. The van der Waals surface area contributed by atoms with Gasteiger partial charge in [0.2, 0.25) is 0 Å². The van der Waals surface area contributed by atoms with Gasteiger partial charge in [-0.1, -0.05) is 119 Å². The lowest BCUT2D eigenvalue weighted by Crippen LogP contribution is -2.07. The number of aryl methyl sites for hydroxylation is 1. The van der Waals surface area contributed by atoms with E-state index < -0.39 is 23.3 Å². The molecule has 0 aromatic heterocycles. The molecule has 1 aliphatic rings. The fourth-order valence-electron chi connectivity index (χ4n) is 6.20. The van der Waals surface area contributed by atoms with Crippen molar-refractivity contribution in [1.82, 2.24) is 0 Å². The van der Waals surface area contributed by atoms with Crippen molar-refractivity contribution < 1.29 is 17.6 Å². The van der Waals surface area contributed by atoms with E-state index >= 15 is 13.2 Å². The predicted octanol–water partition coefficient (Wildman–Crippen LogP) is 12.8. The van der Waals surface area contributed by atoms with E-state index in [0.29, 0.717) is 34.6 Å². The fourth-order valence-corrected chi connectivity index (χ4v) is 6.20. The quantitative estimate of drug-likeness (QED) is 0.0938. The Morgan fingerprint density at radius 2 is 1.23 bits per heavy atom. The molecule has 1 unspecified atom stereocenters. The van der Waals surface area contributed by atoms with Crippen molar-refractivity contribution in [3.8, 4) is 22.3 Å².